The summed E-state index contributed by atoms with van der Waals surface area (Å²) >= 11 is 1.83. The Morgan fingerprint density at radius 3 is 1.62 bits per heavy atom. The molecule has 0 saturated heterocycles. The second-order valence-electron chi connectivity index (χ2n) is 15.6. The van der Waals surface area contributed by atoms with Gasteiger partial charge in [0.05, 0.1) is 16.8 Å². The standard InChI is InChI=1S/C57H36N2S/c1-4-18-37(19-5-1)56-58-51(36-52(59-56)48-30-16-29-46-44-26-13-15-33-53(44)60-55(46)48)43-35-34-42(40-24-10-11-25-41(40)43)45-28-17-32-50-54(45)47-27-12-14-31-49(47)57(50,38-20-6-2-7-21-38)39-22-8-3-9-23-39/h1-36H. The highest BCUT2D eigenvalue weighted by Crippen LogP contribution is 2.58. The number of hydrogen-bond acceptors (Lipinski definition) is 3. The molecule has 1 aliphatic rings. The van der Waals surface area contributed by atoms with Crippen molar-refractivity contribution < 1.29 is 0 Å². The molecule has 0 N–H and O–H groups in total. The first-order chi connectivity index (χ1) is 29.8. The van der Waals surface area contributed by atoms with E-state index in [-0.39, 0.29) is 0 Å². The second-order valence-corrected chi connectivity index (χ2v) is 16.6. The van der Waals surface area contributed by atoms with Crippen LogP contribution in [0.2, 0.25) is 0 Å². The summed E-state index contributed by atoms with van der Waals surface area (Å²) in [6.45, 7) is 0. The fourth-order valence-corrected chi connectivity index (χ4v) is 11.1. The van der Waals surface area contributed by atoms with Crippen molar-refractivity contribution in [3.8, 4) is 56.2 Å². The summed E-state index contributed by atoms with van der Waals surface area (Å²) in [5.74, 6) is 0.713. The summed E-state index contributed by atoms with van der Waals surface area (Å²) in [4.78, 5) is 10.6. The van der Waals surface area contributed by atoms with Gasteiger partial charge in [-0.3, -0.25) is 0 Å². The van der Waals surface area contributed by atoms with E-state index < -0.39 is 5.41 Å². The Hall–Kier alpha value is -7.46. The van der Waals surface area contributed by atoms with Crippen molar-refractivity contribution in [3.63, 3.8) is 0 Å². The predicted molar refractivity (Wildman–Crippen MR) is 251 cm³/mol. The van der Waals surface area contributed by atoms with Gasteiger partial charge in [0.1, 0.15) is 0 Å². The van der Waals surface area contributed by atoms with Crippen LogP contribution in [-0.2, 0) is 5.41 Å². The molecule has 0 radical (unpaired) electrons. The minimum absolute atomic E-state index is 0.470. The lowest BCUT2D eigenvalue weighted by Gasteiger charge is -2.34. The van der Waals surface area contributed by atoms with Crippen molar-refractivity contribution in [1.29, 1.82) is 0 Å². The number of benzene rings is 9. The third-order valence-corrected chi connectivity index (χ3v) is 13.6. The van der Waals surface area contributed by atoms with Crippen molar-refractivity contribution in [1.82, 2.24) is 9.97 Å². The summed E-state index contributed by atoms with van der Waals surface area (Å²) < 4.78 is 2.52. The maximum atomic E-state index is 5.34. The van der Waals surface area contributed by atoms with E-state index in [9.17, 15) is 0 Å². The first-order valence-corrected chi connectivity index (χ1v) is 21.3. The topological polar surface area (TPSA) is 25.8 Å². The number of thiophene rings is 1. The highest BCUT2D eigenvalue weighted by molar-refractivity contribution is 7.26. The molecule has 280 valence electrons. The van der Waals surface area contributed by atoms with Crippen molar-refractivity contribution in [2.24, 2.45) is 0 Å². The van der Waals surface area contributed by atoms with Gasteiger partial charge in [0.15, 0.2) is 5.82 Å². The van der Waals surface area contributed by atoms with Gasteiger partial charge in [-0.25, -0.2) is 9.97 Å². The number of fused-ring (bicyclic) bond motifs is 7. The van der Waals surface area contributed by atoms with Gasteiger partial charge in [-0.05, 0) is 67.4 Å². The number of nitrogens with zero attached hydrogens (tertiary/aromatic N) is 2. The van der Waals surface area contributed by atoms with Gasteiger partial charge in [0, 0.05) is 36.9 Å². The molecule has 0 atom stereocenters. The Morgan fingerprint density at radius 1 is 0.350 bits per heavy atom. The summed E-state index contributed by atoms with van der Waals surface area (Å²) in [6, 6.07) is 79.2. The molecule has 0 amide bonds. The van der Waals surface area contributed by atoms with E-state index in [0.29, 0.717) is 5.82 Å². The van der Waals surface area contributed by atoms with E-state index >= 15 is 0 Å². The molecular weight excluding hydrogens is 745 g/mol. The molecule has 0 bridgehead atoms. The first kappa shape index (κ1) is 34.6. The smallest absolute Gasteiger partial charge is 0.160 e. The third-order valence-electron chi connectivity index (χ3n) is 12.4. The Bertz CT molecular complexity index is 3380. The highest BCUT2D eigenvalue weighted by Gasteiger charge is 2.46. The first-order valence-electron chi connectivity index (χ1n) is 20.5. The summed E-state index contributed by atoms with van der Waals surface area (Å²) in [7, 11) is 0. The monoisotopic (exact) mass is 780 g/mol. The van der Waals surface area contributed by atoms with Crippen molar-refractivity contribution >= 4 is 42.3 Å². The average Bonchev–Trinajstić information content (AvgIpc) is 3.86. The molecule has 9 aromatic carbocycles. The van der Waals surface area contributed by atoms with E-state index in [1.54, 1.807) is 0 Å². The van der Waals surface area contributed by atoms with Crippen molar-refractivity contribution in [3.05, 3.63) is 241 Å². The van der Waals surface area contributed by atoms with Crippen LogP contribution in [0.5, 0.6) is 0 Å². The van der Waals surface area contributed by atoms with Crippen LogP contribution in [0, 0.1) is 0 Å². The van der Waals surface area contributed by atoms with Crippen molar-refractivity contribution in [2.45, 2.75) is 5.41 Å². The number of rotatable bonds is 6. The maximum Gasteiger partial charge on any atom is 0.160 e. The summed E-state index contributed by atoms with van der Waals surface area (Å²) in [5.41, 5.74) is 14.6. The van der Waals surface area contributed by atoms with Crippen LogP contribution in [0.4, 0.5) is 0 Å². The minimum Gasteiger partial charge on any atom is -0.228 e. The SMILES string of the molecule is c1ccc(-c2nc(-c3ccc(-c4cccc5c4-c4ccccc4C5(c4ccccc4)c4ccccc4)c4ccccc34)cc(-c3cccc4c3sc3ccccc34)n2)cc1. The van der Waals surface area contributed by atoms with Crippen LogP contribution >= 0.6 is 11.3 Å². The normalized spacial score (nSPS) is 12.8. The van der Waals surface area contributed by atoms with Gasteiger partial charge in [0.25, 0.3) is 0 Å². The molecule has 2 heterocycles. The Labute approximate surface area is 352 Å². The molecule has 0 saturated carbocycles. The average molecular weight is 781 g/mol. The zero-order valence-electron chi connectivity index (χ0n) is 32.6. The predicted octanol–water partition coefficient (Wildman–Crippen LogP) is 15.0. The molecule has 2 nitrogen and oxygen atoms in total. The molecule has 3 heteroatoms. The molecular formula is C57H36N2S. The molecule has 0 aliphatic heterocycles. The molecule has 2 aromatic heterocycles. The lowest BCUT2D eigenvalue weighted by atomic mass is 9.67. The van der Waals surface area contributed by atoms with Gasteiger partial charge < -0.3 is 0 Å². The van der Waals surface area contributed by atoms with Gasteiger partial charge >= 0.3 is 0 Å². The fourth-order valence-electron chi connectivity index (χ4n) is 9.86. The molecule has 0 unspecified atom stereocenters. The fraction of sp³-hybridized carbons (Fsp3) is 0.0175. The van der Waals surface area contributed by atoms with Crippen LogP contribution in [0.3, 0.4) is 0 Å². The van der Waals surface area contributed by atoms with Gasteiger partial charge in [0.2, 0.25) is 0 Å². The van der Waals surface area contributed by atoms with Crippen LogP contribution in [0.15, 0.2) is 218 Å². The quantitative estimate of drug-likeness (QED) is 0.168. The van der Waals surface area contributed by atoms with Crippen LogP contribution in [-0.4, -0.2) is 9.97 Å². The van der Waals surface area contributed by atoms with Crippen LogP contribution in [0.1, 0.15) is 22.3 Å². The summed E-state index contributed by atoms with van der Waals surface area (Å²) in [6.07, 6.45) is 0. The van der Waals surface area contributed by atoms with E-state index in [1.165, 1.54) is 70.1 Å². The summed E-state index contributed by atoms with van der Waals surface area (Å²) in [5, 5.41) is 4.87. The second kappa shape index (κ2) is 13.8. The molecule has 0 fully saturated rings. The molecule has 0 spiro atoms. The number of hydrogen-bond donors (Lipinski definition) is 0. The third kappa shape index (κ3) is 5.19. The Kier molecular flexibility index (Phi) is 7.97. The van der Waals surface area contributed by atoms with Gasteiger partial charge in [-0.1, -0.05) is 206 Å². The van der Waals surface area contributed by atoms with E-state index in [4.69, 9.17) is 9.97 Å². The zero-order valence-corrected chi connectivity index (χ0v) is 33.4. The molecule has 12 rings (SSSR count). The van der Waals surface area contributed by atoms with Crippen molar-refractivity contribution in [2.75, 3.05) is 0 Å². The minimum atomic E-state index is -0.470. The molecule has 11 aromatic rings. The van der Waals surface area contributed by atoms with Crippen LogP contribution < -0.4 is 0 Å². The van der Waals surface area contributed by atoms with E-state index in [0.717, 1.165) is 33.5 Å². The number of aromatic nitrogens is 2. The van der Waals surface area contributed by atoms with Gasteiger partial charge in [-0.15, -0.1) is 11.3 Å². The lowest BCUT2D eigenvalue weighted by molar-refractivity contribution is 0.768. The molecule has 60 heavy (non-hydrogen) atoms. The Morgan fingerprint density at radius 2 is 0.867 bits per heavy atom. The van der Waals surface area contributed by atoms with E-state index in [2.05, 4.69) is 212 Å². The van der Waals surface area contributed by atoms with Gasteiger partial charge in [-0.2, -0.15) is 0 Å². The maximum absolute atomic E-state index is 5.34. The van der Waals surface area contributed by atoms with E-state index in [1.807, 2.05) is 17.4 Å². The zero-order chi connectivity index (χ0) is 39.6. The lowest BCUT2D eigenvalue weighted by Crippen LogP contribution is -2.28. The highest BCUT2D eigenvalue weighted by atomic mass is 32.1. The van der Waals surface area contributed by atoms with Crippen LogP contribution in [0.25, 0.3) is 87.1 Å². The molecule has 1 aliphatic carbocycles. The Balaban J connectivity index is 1.09. The largest absolute Gasteiger partial charge is 0.228 e.